The molecule has 3 aliphatic rings. The van der Waals surface area contributed by atoms with Crippen LogP contribution in [0.5, 0.6) is 0 Å². The lowest BCUT2D eigenvalue weighted by molar-refractivity contribution is -0.116. The van der Waals surface area contributed by atoms with E-state index in [0.29, 0.717) is 17.0 Å². The molecule has 0 saturated heterocycles. The van der Waals surface area contributed by atoms with Crippen LogP contribution < -0.4 is 10.6 Å². The normalized spacial score (nSPS) is 22.5. The highest BCUT2D eigenvalue weighted by Crippen LogP contribution is 2.61. The first kappa shape index (κ1) is 29.1. The second-order valence-electron chi connectivity index (χ2n) is 11.9. The number of nitrogens with one attached hydrogen (secondary N) is 2. The molecule has 1 heterocycles. The molecule has 3 aliphatic carbocycles. The number of hydrogen-bond acceptors (Lipinski definition) is 5. The van der Waals surface area contributed by atoms with Gasteiger partial charge in [-0.2, -0.15) is 0 Å². The van der Waals surface area contributed by atoms with Gasteiger partial charge in [0.1, 0.15) is 0 Å². The zero-order valence-electron chi connectivity index (χ0n) is 23.3. The van der Waals surface area contributed by atoms with Crippen LogP contribution in [-0.4, -0.2) is 22.6 Å². The largest absolute Gasteiger partial charge is 0.360 e. The molecule has 5 nitrogen and oxygen atoms in total. The average Bonchev–Trinajstić information content (AvgIpc) is 3.32. The van der Waals surface area contributed by atoms with Crippen LogP contribution in [0.4, 0.5) is 10.3 Å². The fraction of sp³-hybridized carbons (Fsp3) is 0.833. The summed E-state index contributed by atoms with van der Waals surface area (Å²) in [6, 6.07) is 0. The summed E-state index contributed by atoms with van der Waals surface area (Å²) in [4.78, 5) is 12.3. The third-order valence-corrected chi connectivity index (χ3v) is 9.65. The summed E-state index contributed by atoms with van der Waals surface area (Å²) in [6.07, 6.45) is 25.9. The second-order valence-corrected chi connectivity index (χ2v) is 12.9. The van der Waals surface area contributed by atoms with E-state index in [1.807, 2.05) is 0 Å². The third-order valence-electron chi connectivity index (χ3n) is 8.85. The van der Waals surface area contributed by atoms with E-state index in [1.165, 1.54) is 101 Å². The van der Waals surface area contributed by atoms with Crippen molar-refractivity contribution in [2.45, 2.75) is 130 Å². The lowest BCUT2D eigenvalue weighted by atomic mass is 9.45. The summed E-state index contributed by atoms with van der Waals surface area (Å²) in [7, 11) is 0. The summed E-state index contributed by atoms with van der Waals surface area (Å²) in [6.45, 7) is 8.12. The van der Waals surface area contributed by atoms with E-state index < -0.39 is 0 Å². The summed E-state index contributed by atoms with van der Waals surface area (Å²) in [5, 5.41) is 16.3. The molecule has 204 valence electrons. The highest BCUT2D eigenvalue weighted by molar-refractivity contribution is 7.19. The van der Waals surface area contributed by atoms with E-state index in [1.54, 1.807) is 0 Å². The predicted molar refractivity (Wildman–Crippen MR) is 155 cm³/mol. The van der Waals surface area contributed by atoms with Crippen molar-refractivity contribution in [2.75, 3.05) is 17.2 Å². The molecule has 6 heteroatoms. The minimum atomic E-state index is 0.0601. The number of fused-ring (bicyclic) bond motifs is 2. The maximum absolute atomic E-state index is 12.3. The van der Waals surface area contributed by atoms with Crippen molar-refractivity contribution in [3.8, 4) is 0 Å². The number of amides is 1. The fourth-order valence-electron chi connectivity index (χ4n) is 6.31. The number of anilines is 2. The Balaban J connectivity index is 1.15. The van der Waals surface area contributed by atoms with Crippen molar-refractivity contribution >= 4 is 27.5 Å². The van der Waals surface area contributed by atoms with Crippen molar-refractivity contribution in [2.24, 2.45) is 23.2 Å². The van der Waals surface area contributed by atoms with Gasteiger partial charge in [-0.3, -0.25) is 4.79 Å². The lowest BCUT2D eigenvalue weighted by Gasteiger charge is -2.60. The minimum absolute atomic E-state index is 0.0601. The van der Waals surface area contributed by atoms with Gasteiger partial charge >= 0.3 is 0 Å². The van der Waals surface area contributed by atoms with Gasteiger partial charge in [0.2, 0.25) is 16.2 Å². The molecule has 0 aromatic carbocycles. The average molecular weight is 517 g/mol. The van der Waals surface area contributed by atoms with E-state index in [2.05, 4.69) is 53.8 Å². The van der Waals surface area contributed by atoms with Crippen molar-refractivity contribution in [3.05, 3.63) is 12.2 Å². The van der Waals surface area contributed by atoms with Crippen LogP contribution in [0.15, 0.2) is 12.2 Å². The Bertz CT molecular complexity index is 788. The molecule has 1 aromatic rings. The smallest absolute Gasteiger partial charge is 0.226 e. The number of carbonyl (C=O) groups excluding carboxylic acids is 1. The molecular formula is C30H52N4OS. The number of hydrogen-bond donors (Lipinski definition) is 2. The van der Waals surface area contributed by atoms with Gasteiger partial charge in [-0.25, -0.2) is 0 Å². The number of allylic oxidation sites excluding steroid dienone is 2. The molecule has 2 N–H and O–H groups in total. The Hall–Kier alpha value is -1.43. The highest BCUT2D eigenvalue weighted by Gasteiger charge is 2.53. The van der Waals surface area contributed by atoms with Gasteiger partial charge in [-0.05, 0) is 74.5 Å². The maximum Gasteiger partial charge on any atom is 0.226 e. The van der Waals surface area contributed by atoms with Crippen LogP contribution >= 0.6 is 11.3 Å². The zero-order valence-corrected chi connectivity index (χ0v) is 24.1. The molecule has 2 bridgehead atoms. The molecule has 3 fully saturated rings. The zero-order chi connectivity index (χ0) is 25.6. The van der Waals surface area contributed by atoms with Crippen molar-refractivity contribution in [1.29, 1.82) is 0 Å². The summed E-state index contributed by atoms with van der Waals surface area (Å²) in [5.74, 6) is 2.56. The monoisotopic (exact) mass is 516 g/mol. The standard InChI is InChI=1S/C30H52N4OS/c1-4-5-6-7-8-9-10-11-12-13-14-15-16-17-18-19-27(35)32-29-34-33-28(36-29)31-23-24-20-21-25-22-26(24)30(25,2)3/h11-12,24-26H,4-10,13-23H2,1-3H3,(H,31,33)(H,32,34,35)/b12-11+/t24-,25?,26?/m0/s1. The molecule has 36 heavy (non-hydrogen) atoms. The van der Waals surface area contributed by atoms with E-state index in [0.717, 1.165) is 42.3 Å². The van der Waals surface area contributed by atoms with Gasteiger partial charge in [0, 0.05) is 13.0 Å². The van der Waals surface area contributed by atoms with Gasteiger partial charge < -0.3 is 10.6 Å². The number of nitrogens with zero attached hydrogens (tertiary/aromatic N) is 2. The number of carbonyl (C=O) groups is 1. The van der Waals surface area contributed by atoms with Crippen LogP contribution in [0.25, 0.3) is 0 Å². The Morgan fingerprint density at radius 3 is 2.22 bits per heavy atom. The lowest BCUT2D eigenvalue weighted by Crippen LogP contribution is -2.53. The summed E-state index contributed by atoms with van der Waals surface area (Å²) < 4.78 is 0. The molecule has 0 spiro atoms. The van der Waals surface area contributed by atoms with Crippen LogP contribution in [0.2, 0.25) is 0 Å². The van der Waals surface area contributed by atoms with E-state index in [4.69, 9.17) is 0 Å². The molecule has 3 saturated carbocycles. The predicted octanol–water partition coefficient (Wildman–Crippen LogP) is 9.00. The molecule has 2 unspecified atom stereocenters. The number of unbranched alkanes of at least 4 members (excludes halogenated alkanes) is 11. The SMILES string of the molecule is CCCCCCCC/C=C/CCCCCCCC(=O)Nc1nnc(NC[C@@H]2CCC3CC2C3(C)C)s1. The van der Waals surface area contributed by atoms with E-state index >= 15 is 0 Å². The van der Waals surface area contributed by atoms with Gasteiger partial charge in [-0.1, -0.05) is 95.6 Å². The molecule has 0 aliphatic heterocycles. The quantitative estimate of drug-likeness (QED) is 0.142. The van der Waals surface area contributed by atoms with Crippen molar-refractivity contribution in [1.82, 2.24) is 10.2 Å². The Kier molecular flexibility index (Phi) is 12.7. The van der Waals surface area contributed by atoms with Gasteiger partial charge in [-0.15, -0.1) is 10.2 Å². The summed E-state index contributed by atoms with van der Waals surface area (Å²) >= 11 is 1.46. The third kappa shape index (κ3) is 9.46. The number of rotatable bonds is 19. The Morgan fingerprint density at radius 1 is 0.917 bits per heavy atom. The van der Waals surface area contributed by atoms with Crippen LogP contribution in [0, 0.1) is 23.2 Å². The van der Waals surface area contributed by atoms with Crippen molar-refractivity contribution in [3.63, 3.8) is 0 Å². The molecule has 0 radical (unpaired) electrons. The van der Waals surface area contributed by atoms with E-state index in [-0.39, 0.29) is 5.91 Å². The molecular weight excluding hydrogens is 464 g/mol. The van der Waals surface area contributed by atoms with Crippen molar-refractivity contribution < 1.29 is 4.79 Å². The summed E-state index contributed by atoms with van der Waals surface area (Å²) in [5.41, 5.74) is 0.509. The van der Waals surface area contributed by atoms with Crippen LogP contribution in [-0.2, 0) is 4.79 Å². The Labute approximate surface area is 224 Å². The van der Waals surface area contributed by atoms with E-state index in [9.17, 15) is 4.79 Å². The second kappa shape index (κ2) is 15.7. The van der Waals surface area contributed by atoms with Gasteiger partial charge in [0.05, 0.1) is 0 Å². The first-order chi connectivity index (χ1) is 17.5. The van der Waals surface area contributed by atoms with Gasteiger partial charge in [0.15, 0.2) is 0 Å². The molecule has 1 aromatic heterocycles. The molecule has 3 atom stereocenters. The Morgan fingerprint density at radius 2 is 1.56 bits per heavy atom. The first-order valence-corrected chi connectivity index (χ1v) is 15.8. The topological polar surface area (TPSA) is 66.9 Å². The maximum atomic E-state index is 12.3. The van der Waals surface area contributed by atoms with Gasteiger partial charge in [0.25, 0.3) is 0 Å². The molecule has 1 amide bonds. The fourth-order valence-corrected chi connectivity index (χ4v) is 6.98. The number of aromatic nitrogens is 2. The first-order valence-electron chi connectivity index (χ1n) is 15.0. The molecule has 4 rings (SSSR count). The highest BCUT2D eigenvalue weighted by atomic mass is 32.1. The minimum Gasteiger partial charge on any atom is -0.360 e. The van der Waals surface area contributed by atoms with Crippen LogP contribution in [0.1, 0.15) is 130 Å². The van der Waals surface area contributed by atoms with Crippen LogP contribution in [0.3, 0.4) is 0 Å².